The van der Waals surface area contributed by atoms with E-state index in [0.29, 0.717) is 28.2 Å². The topological polar surface area (TPSA) is 80.5 Å². The number of halogens is 1. The first kappa shape index (κ1) is 19.9. The van der Waals surface area contributed by atoms with E-state index in [0.717, 1.165) is 28.8 Å². The van der Waals surface area contributed by atoms with Gasteiger partial charge in [-0.3, -0.25) is 14.2 Å². The number of nitrogens with zero attached hydrogens (tertiary/aromatic N) is 4. The Labute approximate surface area is 185 Å². The quantitative estimate of drug-likeness (QED) is 0.456. The predicted octanol–water partition coefficient (Wildman–Crippen LogP) is 5.27. The molecule has 1 aliphatic carbocycles. The summed E-state index contributed by atoms with van der Waals surface area (Å²) in [5.74, 6) is 1.08. The third-order valence-corrected chi connectivity index (χ3v) is 6.57. The first-order chi connectivity index (χ1) is 15.0. The zero-order valence-corrected chi connectivity index (χ0v) is 18.4. The maximum absolute atomic E-state index is 12.7. The summed E-state index contributed by atoms with van der Waals surface area (Å²) in [6, 6.07) is 7.99. The Morgan fingerprint density at radius 1 is 1.23 bits per heavy atom. The van der Waals surface area contributed by atoms with E-state index in [2.05, 4.69) is 22.3 Å². The average Bonchev–Trinajstić information content (AvgIpc) is 3.33. The lowest BCUT2D eigenvalue weighted by Gasteiger charge is -2.29. The van der Waals surface area contributed by atoms with Gasteiger partial charge in [-0.2, -0.15) is 10.2 Å². The van der Waals surface area contributed by atoms with Gasteiger partial charge in [-0.15, -0.1) is 0 Å². The van der Waals surface area contributed by atoms with Gasteiger partial charge in [-0.05, 0) is 37.0 Å². The van der Waals surface area contributed by atoms with E-state index in [9.17, 15) is 4.79 Å². The molecule has 0 bridgehead atoms. The van der Waals surface area contributed by atoms with Crippen molar-refractivity contribution in [2.75, 3.05) is 5.32 Å². The van der Waals surface area contributed by atoms with Gasteiger partial charge in [0.15, 0.2) is 5.82 Å². The molecule has 0 spiro atoms. The lowest BCUT2D eigenvalue weighted by molar-refractivity contribution is 0.246. The normalized spacial score (nSPS) is 19.1. The van der Waals surface area contributed by atoms with Gasteiger partial charge in [0.1, 0.15) is 5.39 Å². The molecule has 0 aliphatic heterocycles. The number of benzene rings is 1. The Balaban J connectivity index is 1.53. The molecule has 0 saturated heterocycles. The van der Waals surface area contributed by atoms with Gasteiger partial charge in [-0.1, -0.05) is 37.4 Å². The number of aromatic nitrogens is 5. The first-order valence-electron chi connectivity index (χ1n) is 10.7. The Kier molecular flexibility index (Phi) is 5.06. The standard InChI is InChI=1S/C23H25ClN6O/c1-14-5-3-4-6-19(14)30-20-9-10-25-23(31)21(20)22(28-30)27-16-7-8-17(18(24)11-16)15-12-26-29(2)13-15/h7-14,19H,3-6H2,1-2H3,(H,25,31)(H,27,28)/t14-,19-/m0/s1. The van der Waals surface area contributed by atoms with Crippen LogP contribution < -0.4 is 10.9 Å². The minimum atomic E-state index is -0.146. The number of nitrogens with one attached hydrogen (secondary N) is 2. The average molecular weight is 437 g/mol. The van der Waals surface area contributed by atoms with Crippen LogP contribution in [-0.2, 0) is 7.05 Å². The van der Waals surface area contributed by atoms with Crippen molar-refractivity contribution < 1.29 is 0 Å². The Bertz CT molecular complexity index is 1300. The Morgan fingerprint density at radius 2 is 2.06 bits per heavy atom. The molecule has 0 unspecified atom stereocenters. The fourth-order valence-electron chi connectivity index (χ4n) is 4.62. The predicted molar refractivity (Wildman–Crippen MR) is 124 cm³/mol. The molecule has 160 valence electrons. The number of H-pyrrole nitrogens is 1. The SMILES string of the molecule is C[C@H]1CCCC[C@@H]1n1nc(Nc2ccc(-c3cnn(C)c3)c(Cl)c2)c2c(=O)[nH]ccc21. The maximum Gasteiger partial charge on any atom is 0.261 e. The maximum atomic E-state index is 12.7. The van der Waals surface area contributed by atoms with Crippen LogP contribution in [-0.4, -0.2) is 24.5 Å². The fraction of sp³-hybridized carbons (Fsp3) is 0.348. The summed E-state index contributed by atoms with van der Waals surface area (Å²) < 4.78 is 3.79. The highest BCUT2D eigenvalue weighted by atomic mass is 35.5. The van der Waals surface area contributed by atoms with Gasteiger partial charge in [0.2, 0.25) is 0 Å². The molecular formula is C23H25ClN6O. The summed E-state index contributed by atoms with van der Waals surface area (Å²) in [7, 11) is 1.87. The molecule has 0 amide bonds. The Morgan fingerprint density at radius 3 is 2.81 bits per heavy atom. The number of hydrogen-bond donors (Lipinski definition) is 2. The molecular weight excluding hydrogens is 412 g/mol. The minimum absolute atomic E-state index is 0.146. The van der Waals surface area contributed by atoms with E-state index in [1.54, 1.807) is 17.1 Å². The van der Waals surface area contributed by atoms with Gasteiger partial charge in [0, 0.05) is 36.3 Å². The largest absolute Gasteiger partial charge is 0.338 e. The van der Waals surface area contributed by atoms with Crippen LogP contribution in [0.1, 0.15) is 38.6 Å². The molecule has 31 heavy (non-hydrogen) atoms. The van der Waals surface area contributed by atoms with Crippen molar-refractivity contribution in [3.8, 4) is 11.1 Å². The summed E-state index contributed by atoms with van der Waals surface area (Å²) >= 11 is 6.56. The summed E-state index contributed by atoms with van der Waals surface area (Å²) in [5.41, 5.74) is 3.36. The molecule has 1 fully saturated rings. The molecule has 3 aromatic heterocycles. The van der Waals surface area contributed by atoms with Crippen LogP contribution in [0.15, 0.2) is 47.7 Å². The number of aromatic amines is 1. The number of anilines is 2. The third kappa shape index (κ3) is 3.63. The van der Waals surface area contributed by atoms with Gasteiger partial charge in [-0.25, -0.2) is 0 Å². The third-order valence-electron chi connectivity index (χ3n) is 6.26. The lowest BCUT2D eigenvalue weighted by Crippen LogP contribution is -2.22. The molecule has 1 saturated carbocycles. The van der Waals surface area contributed by atoms with Crippen molar-refractivity contribution in [2.45, 2.75) is 38.6 Å². The van der Waals surface area contributed by atoms with Crippen molar-refractivity contribution in [1.82, 2.24) is 24.5 Å². The van der Waals surface area contributed by atoms with Crippen LogP contribution in [0.2, 0.25) is 5.02 Å². The summed E-state index contributed by atoms with van der Waals surface area (Å²) in [5, 5.41) is 13.6. The molecule has 5 rings (SSSR count). The van der Waals surface area contributed by atoms with Gasteiger partial charge in [0.25, 0.3) is 5.56 Å². The van der Waals surface area contributed by atoms with Gasteiger partial charge in [0.05, 0.1) is 22.8 Å². The van der Waals surface area contributed by atoms with E-state index in [1.165, 1.54) is 19.3 Å². The zero-order valence-electron chi connectivity index (χ0n) is 17.6. The number of aryl methyl sites for hydroxylation is 1. The number of hydrogen-bond acceptors (Lipinski definition) is 4. The summed E-state index contributed by atoms with van der Waals surface area (Å²) in [6.45, 7) is 2.27. The number of pyridine rings is 1. The van der Waals surface area contributed by atoms with Crippen LogP contribution >= 0.6 is 11.6 Å². The van der Waals surface area contributed by atoms with Crippen LogP contribution in [0.5, 0.6) is 0 Å². The molecule has 3 heterocycles. The second-order valence-electron chi connectivity index (χ2n) is 8.41. The van der Waals surface area contributed by atoms with Gasteiger partial charge < -0.3 is 10.3 Å². The molecule has 1 aliphatic rings. The second kappa shape index (κ2) is 7.89. The van der Waals surface area contributed by atoms with Crippen LogP contribution in [0, 0.1) is 5.92 Å². The molecule has 1 aromatic carbocycles. The molecule has 2 atom stereocenters. The molecule has 0 radical (unpaired) electrons. The molecule has 8 heteroatoms. The highest BCUT2D eigenvalue weighted by Gasteiger charge is 2.27. The van der Waals surface area contributed by atoms with Crippen molar-refractivity contribution in [3.05, 3.63) is 58.2 Å². The highest BCUT2D eigenvalue weighted by molar-refractivity contribution is 6.33. The van der Waals surface area contributed by atoms with Crippen LogP contribution in [0.3, 0.4) is 0 Å². The minimum Gasteiger partial charge on any atom is -0.338 e. The van der Waals surface area contributed by atoms with Crippen molar-refractivity contribution in [3.63, 3.8) is 0 Å². The smallest absolute Gasteiger partial charge is 0.261 e. The number of fused-ring (bicyclic) bond motifs is 1. The second-order valence-corrected chi connectivity index (χ2v) is 8.82. The Hall–Kier alpha value is -3.06. The van der Waals surface area contributed by atoms with Crippen molar-refractivity contribution in [1.29, 1.82) is 0 Å². The van der Waals surface area contributed by atoms with E-state index >= 15 is 0 Å². The molecule has 7 nitrogen and oxygen atoms in total. The molecule has 4 aromatic rings. The van der Waals surface area contributed by atoms with Crippen molar-refractivity contribution >= 4 is 34.0 Å². The van der Waals surface area contributed by atoms with E-state index < -0.39 is 0 Å². The van der Waals surface area contributed by atoms with E-state index in [4.69, 9.17) is 16.7 Å². The summed E-state index contributed by atoms with van der Waals surface area (Å²) in [4.78, 5) is 15.5. The first-order valence-corrected chi connectivity index (χ1v) is 11.0. The van der Waals surface area contributed by atoms with Crippen LogP contribution in [0.4, 0.5) is 11.5 Å². The molecule has 2 N–H and O–H groups in total. The van der Waals surface area contributed by atoms with Gasteiger partial charge >= 0.3 is 0 Å². The fourth-order valence-corrected chi connectivity index (χ4v) is 4.91. The van der Waals surface area contributed by atoms with Crippen LogP contribution in [0.25, 0.3) is 22.0 Å². The number of rotatable bonds is 4. The van der Waals surface area contributed by atoms with Crippen molar-refractivity contribution in [2.24, 2.45) is 13.0 Å². The van der Waals surface area contributed by atoms with E-state index in [-0.39, 0.29) is 5.56 Å². The summed E-state index contributed by atoms with van der Waals surface area (Å²) in [6.07, 6.45) is 10.1. The highest BCUT2D eigenvalue weighted by Crippen LogP contribution is 2.37. The van der Waals surface area contributed by atoms with E-state index in [1.807, 2.05) is 42.2 Å². The monoisotopic (exact) mass is 436 g/mol. The zero-order chi connectivity index (χ0) is 21.5. The lowest BCUT2D eigenvalue weighted by atomic mass is 9.86.